The van der Waals surface area contributed by atoms with Crippen LogP contribution in [-0.2, 0) is 16.1 Å². The molecular formula is C12H16N2O3. The number of aliphatic hydroxyl groups excluding tert-OH is 1. The lowest BCUT2D eigenvalue weighted by molar-refractivity contribution is -0.133. The highest BCUT2D eigenvalue weighted by molar-refractivity contribution is 5.89. The van der Waals surface area contributed by atoms with Crippen molar-refractivity contribution in [1.82, 2.24) is 10.6 Å². The molecule has 0 radical (unpaired) electrons. The van der Waals surface area contributed by atoms with E-state index in [0.29, 0.717) is 13.3 Å². The van der Waals surface area contributed by atoms with Gasteiger partial charge in [0.15, 0.2) is 0 Å². The third-order valence-electron chi connectivity index (χ3n) is 2.73. The van der Waals surface area contributed by atoms with Crippen LogP contribution in [0.2, 0.25) is 0 Å². The van der Waals surface area contributed by atoms with Crippen LogP contribution in [0.15, 0.2) is 30.3 Å². The van der Waals surface area contributed by atoms with E-state index in [0.717, 1.165) is 5.56 Å². The highest BCUT2D eigenvalue weighted by Gasteiger charge is 2.38. The molecule has 1 amide bonds. The van der Waals surface area contributed by atoms with Crippen LogP contribution in [0.5, 0.6) is 0 Å². The Labute approximate surface area is 99.8 Å². The van der Waals surface area contributed by atoms with Gasteiger partial charge in [0, 0.05) is 0 Å². The Morgan fingerprint density at radius 2 is 2.12 bits per heavy atom. The summed E-state index contributed by atoms with van der Waals surface area (Å²) in [6, 6.07) is 9.28. The fraction of sp³-hybridized carbons (Fsp3) is 0.417. The van der Waals surface area contributed by atoms with Crippen molar-refractivity contribution in [2.45, 2.75) is 18.7 Å². The monoisotopic (exact) mass is 236 g/mol. The van der Waals surface area contributed by atoms with Crippen LogP contribution in [0.3, 0.4) is 0 Å². The summed E-state index contributed by atoms with van der Waals surface area (Å²) in [5, 5.41) is 14.5. The maximum Gasteiger partial charge on any atom is 0.239 e. The maximum atomic E-state index is 11.1. The number of rotatable bonds is 6. The van der Waals surface area contributed by atoms with Crippen molar-refractivity contribution < 1.29 is 14.6 Å². The Bertz CT molecular complexity index is 369. The molecule has 2 atom stereocenters. The Hall–Kier alpha value is -1.43. The normalized spacial score (nSPS) is 23.0. The van der Waals surface area contributed by atoms with Crippen molar-refractivity contribution in [3.8, 4) is 0 Å². The van der Waals surface area contributed by atoms with E-state index in [-0.39, 0.29) is 24.6 Å². The quantitative estimate of drug-likeness (QED) is 0.357. The molecule has 1 aliphatic heterocycles. The van der Waals surface area contributed by atoms with Crippen molar-refractivity contribution in [3.05, 3.63) is 35.9 Å². The summed E-state index contributed by atoms with van der Waals surface area (Å²) in [5.74, 6) is -0.0904. The van der Waals surface area contributed by atoms with Gasteiger partial charge >= 0.3 is 0 Å². The summed E-state index contributed by atoms with van der Waals surface area (Å²) in [5.41, 5.74) is 1.09. The number of β-lactam (4-membered cyclic amide) rings is 1. The fourth-order valence-electron chi connectivity index (χ4n) is 1.72. The van der Waals surface area contributed by atoms with Gasteiger partial charge in [-0.1, -0.05) is 30.3 Å². The van der Waals surface area contributed by atoms with Gasteiger partial charge in [-0.2, -0.15) is 0 Å². The number of ether oxygens (including phenoxy) is 1. The molecule has 0 aliphatic carbocycles. The molecule has 1 saturated heterocycles. The third kappa shape index (κ3) is 3.03. The number of benzene rings is 1. The van der Waals surface area contributed by atoms with E-state index in [4.69, 9.17) is 9.84 Å². The summed E-state index contributed by atoms with van der Waals surface area (Å²) in [6.45, 7) is 0.748. The van der Waals surface area contributed by atoms with Gasteiger partial charge < -0.3 is 15.2 Å². The van der Waals surface area contributed by atoms with Crippen LogP contribution in [-0.4, -0.2) is 36.4 Å². The zero-order valence-corrected chi connectivity index (χ0v) is 9.43. The van der Waals surface area contributed by atoms with Gasteiger partial charge in [-0.3, -0.25) is 10.1 Å². The molecule has 0 spiro atoms. The van der Waals surface area contributed by atoms with Crippen molar-refractivity contribution in [2.24, 2.45) is 0 Å². The highest BCUT2D eigenvalue weighted by Crippen LogP contribution is 2.05. The van der Waals surface area contributed by atoms with Crippen molar-refractivity contribution in [1.29, 1.82) is 0 Å². The number of nitrogens with one attached hydrogen (secondary N) is 2. The number of carbonyl (C=O) groups is 1. The zero-order chi connectivity index (χ0) is 12.1. The second-order valence-corrected chi connectivity index (χ2v) is 3.96. The number of amides is 1. The van der Waals surface area contributed by atoms with Crippen molar-refractivity contribution >= 4 is 5.91 Å². The third-order valence-corrected chi connectivity index (χ3v) is 2.73. The van der Waals surface area contributed by atoms with Gasteiger partial charge in [0.05, 0.1) is 26.0 Å². The van der Waals surface area contributed by atoms with Gasteiger partial charge in [-0.15, -0.1) is 0 Å². The standard InChI is InChI=1S/C12H16N2O3/c15-6-10-11(12(16)14-10)13-8-17-7-9-4-2-1-3-5-9/h1-5,10-11,13,15H,6-8H2,(H,14,16)/t10-,11+/m0/s1. The molecular weight excluding hydrogens is 220 g/mol. The van der Waals surface area contributed by atoms with Gasteiger partial charge in [-0.05, 0) is 5.56 Å². The van der Waals surface area contributed by atoms with Crippen LogP contribution >= 0.6 is 0 Å². The first-order valence-electron chi connectivity index (χ1n) is 5.57. The van der Waals surface area contributed by atoms with E-state index in [1.165, 1.54) is 0 Å². The molecule has 17 heavy (non-hydrogen) atoms. The first kappa shape index (κ1) is 12.0. The largest absolute Gasteiger partial charge is 0.394 e. The smallest absolute Gasteiger partial charge is 0.239 e. The summed E-state index contributed by atoms with van der Waals surface area (Å²) >= 11 is 0. The van der Waals surface area contributed by atoms with Crippen LogP contribution in [0, 0.1) is 0 Å². The number of aliphatic hydroxyl groups is 1. The SMILES string of the molecule is O=C1N[C@@H](CO)[C@H]1NCOCc1ccccc1. The molecule has 1 aromatic rings. The van der Waals surface area contributed by atoms with E-state index < -0.39 is 0 Å². The highest BCUT2D eigenvalue weighted by atomic mass is 16.5. The summed E-state index contributed by atoms with van der Waals surface area (Å²) in [6.07, 6.45) is 0. The van der Waals surface area contributed by atoms with Crippen molar-refractivity contribution in [3.63, 3.8) is 0 Å². The average molecular weight is 236 g/mol. The molecule has 0 saturated carbocycles. The molecule has 2 rings (SSSR count). The predicted octanol–water partition coefficient (Wildman–Crippen LogP) is -0.390. The summed E-state index contributed by atoms with van der Waals surface area (Å²) in [4.78, 5) is 11.1. The second kappa shape index (κ2) is 5.77. The fourth-order valence-corrected chi connectivity index (χ4v) is 1.72. The number of hydrogen-bond donors (Lipinski definition) is 3. The number of carbonyl (C=O) groups excluding carboxylic acids is 1. The van der Waals surface area contributed by atoms with Gasteiger partial charge in [0.1, 0.15) is 6.04 Å². The summed E-state index contributed by atoms with van der Waals surface area (Å²) in [7, 11) is 0. The molecule has 0 aromatic heterocycles. The number of hydrogen-bond acceptors (Lipinski definition) is 4. The zero-order valence-electron chi connectivity index (χ0n) is 9.43. The van der Waals surface area contributed by atoms with E-state index in [9.17, 15) is 4.79 Å². The summed E-state index contributed by atoms with van der Waals surface area (Å²) < 4.78 is 5.39. The minimum absolute atomic E-state index is 0.0535. The van der Waals surface area contributed by atoms with Crippen molar-refractivity contribution in [2.75, 3.05) is 13.3 Å². The lowest BCUT2D eigenvalue weighted by Gasteiger charge is -2.35. The molecule has 1 aliphatic rings. The lowest BCUT2D eigenvalue weighted by atomic mass is 10.0. The van der Waals surface area contributed by atoms with E-state index in [2.05, 4.69) is 10.6 Å². The Kier molecular flexibility index (Phi) is 4.08. The maximum absolute atomic E-state index is 11.1. The van der Waals surface area contributed by atoms with E-state index in [1.807, 2.05) is 30.3 Å². The van der Waals surface area contributed by atoms with Crippen LogP contribution in [0.25, 0.3) is 0 Å². The first-order valence-corrected chi connectivity index (χ1v) is 5.57. The molecule has 3 N–H and O–H groups in total. The Balaban J connectivity index is 1.65. The van der Waals surface area contributed by atoms with Gasteiger partial charge in [-0.25, -0.2) is 0 Å². The minimum Gasteiger partial charge on any atom is -0.394 e. The Morgan fingerprint density at radius 3 is 2.76 bits per heavy atom. The van der Waals surface area contributed by atoms with E-state index in [1.54, 1.807) is 0 Å². The molecule has 0 bridgehead atoms. The van der Waals surface area contributed by atoms with Crippen LogP contribution in [0.4, 0.5) is 0 Å². The first-order chi connectivity index (χ1) is 8.31. The predicted molar refractivity (Wildman–Crippen MR) is 62.0 cm³/mol. The molecule has 1 fully saturated rings. The average Bonchev–Trinajstić information content (AvgIpc) is 2.36. The topological polar surface area (TPSA) is 70.6 Å². The minimum atomic E-state index is -0.337. The van der Waals surface area contributed by atoms with E-state index >= 15 is 0 Å². The molecule has 0 unspecified atom stereocenters. The van der Waals surface area contributed by atoms with Gasteiger partial charge in [0.25, 0.3) is 0 Å². The lowest BCUT2D eigenvalue weighted by Crippen LogP contribution is -2.69. The molecule has 5 nitrogen and oxygen atoms in total. The molecule has 1 heterocycles. The molecule has 92 valence electrons. The van der Waals surface area contributed by atoms with Gasteiger partial charge in [0.2, 0.25) is 5.91 Å². The van der Waals surface area contributed by atoms with Crippen LogP contribution < -0.4 is 10.6 Å². The van der Waals surface area contributed by atoms with Crippen LogP contribution in [0.1, 0.15) is 5.56 Å². The molecule has 5 heteroatoms. The Morgan fingerprint density at radius 1 is 1.35 bits per heavy atom. The molecule has 1 aromatic carbocycles. The second-order valence-electron chi connectivity index (χ2n) is 3.96.